The summed E-state index contributed by atoms with van der Waals surface area (Å²) in [5.41, 5.74) is 8.64. The van der Waals surface area contributed by atoms with E-state index < -0.39 is 0 Å². The minimum absolute atomic E-state index is 0.0172. The monoisotopic (exact) mass is 300 g/mol. The molecule has 2 heterocycles. The van der Waals surface area contributed by atoms with Crippen molar-refractivity contribution in [2.75, 3.05) is 17.2 Å². The van der Waals surface area contributed by atoms with E-state index in [1.54, 1.807) is 10.9 Å². The summed E-state index contributed by atoms with van der Waals surface area (Å²) in [6.07, 6.45) is 3.64. The van der Waals surface area contributed by atoms with Crippen molar-refractivity contribution in [2.24, 2.45) is 13.0 Å². The van der Waals surface area contributed by atoms with Crippen molar-refractivity contribution < 1.29 is 4.79 Å². The smallest absolute Gasteiger partial charge is 0.230 e. The molecule has 2 unspecified atom stereocenters. The third-order valence-corrected chi connectivity index (χ3v) is 3.72. The van der Waals surface area contributed by atoms with Crippen LogP contribution in [-0.4, -0.2) is 28.3 Å². The quantitative estimate of drug-likeness (QED) is 0.682. The van der Waals surface area contributed by atoms with Gasteiger partial charge in [-0.1, -0.05) is 6.07 Å². The number of benzene rings is 1. The van der Waals surface area contributed by atoms with Crippen molar-refractivity contribution >= 4 is 23.0 Å². The predicted molar refractivity (Wildman–Crippen MR) is 85.7 cm³/mol. The van der Waals surface area contributed by atoms with Gasteiger partial charge in [0.05, 0.1) is 17.8 Å². The van der Waals surface area contributed by atoms with E-state index in [0.717, 1.165) is 17.1 Å². The van der Waals surface area contributed by atoms with Gasteiger partial charge in [-0.2, -0.15) is 5.10 Å². The second-order valence-electron chi connectivity index (χ2n) is 5.52. The van der Waals surface area contributed by atoms with Crippen LogP contribution in [0.15, 0.2) is 36.7 Å². The second kappa shape index (κ2) is 6.17. The van der Waals surface area contributed by atoms with Crippen LogP contribution in [0.25, 0.3) is 0 Å². The molecule has 7 heteroatoms. The molecule has 0 bridgehead atoms. The topological polar surface area (TPSA) is 83.0 Å². The van der Waals surface area contributed by atoms with E-state index in [2.05, 4.69) is 26.6 Å². The van der Waals surface area contributed by atoms with E-state index in [0.29, 0.717) is 6.54 Å². The summed E-state index contributed by atoms with van der Waals surface area (Å²) in [5, 5.41) is 10.3. The van der Waals surface area contributed by atoms with E-state index in [4.69, 9.17) is 0 Å². The molecule has 1 aliphatic rings. The molecule has 3 rings (SSSR count). The Morgan fingerprint density at radius 2 is 2.18 bits per heavy atom. The van der Waals surface area contributed by atoms with Crippen LogP contribution in [0.1, 0.15) is 6.92 Å². The van der Waals surface area contributed by atoms with E-state index in [-0.39, 0.29) is 17.9 Å². The first-order valence-corrected chi connectivity index (χ1v) is 7.27. The second-order valence-corrected chi connectivity index (χ2v) is 5.52. The van der Waals surface area contributed by atoms with Gasteiger partial charge in [-0.15, -0.1) is 0 Å². The van der Waals surface area contributed by atoms with Crippen LogP contribution in [-0.2, 0) is 11.8 Å². The van der Waals surface area contributed by atoms with Gasteiger partial charge in [-0.3, -0.25) is 20.3 Å². The highest BCUT2D eigenvalue weighted by Gasteiger charge is 2.29. The molecule has 4 N–H and O–H groups in total. The van der Waals surface area contributed by atoms with Gasteiger partial charge in [0.2, 0.25) is 5.91 Å². The summed E-state index contributed by atoms with van der Waals surface area (Å²) < 4.78 is 1.73. The van der Waals surface area contributed by atoms with E-state index in [9.17, 15) is 4.79 Å². The number of nitrogens with zero attached hydrogens (tertiary/aromatic N) is 2. The molecule has 22 heavy (non-hydrogen) atoms. The number of amides is 1. The molecule has 116 valence electrons. The molecule has 1 saturated heterocycles. The van der Waals surface area contributed by atoms with Gasteiger partial charge in [-0.05, 0) is 25.1 Å². The van der Waals surface area contributed by atoms with Crippen molar-refractivity contribution in [3.8, 4) is 0 Å². The fraction of sp³-hybridized carbons (Fsp3) is 0.333. The Balaban J connectivity index is 1.67. The van der Waals surface area contributed by atoms with Gasteiger partial charge in [0, 0.05) is 37.2 Å². The minimum atomic E-state index is -0.0741. The third-order valence-electron chi connectivity index (χ3n) is 3.72. The maximum Gasteiger partial charge on any atom is 0.230 e. The lowest BCUT2D eigenvalue weighted by molar-refractivity contribution is -0.119. The molecule has 0 saturated carbocycles. The highest BCUT2D eigenvalue weighted by Crippen LogP contribution is 2.20. The number of rotatable bonds is 4. The van der Waals surface area contributed by atoms with Crippen molar-refractivity contribution in [3.05, 3.63) is 36.7 Å². The lowest BCUT2D eigenvalue weighted by Gasteiger charge is -2.14. The zero-order chi connectivity index (χ0) is 15.5. The highest BCUT2D eigenvalue weighted by molar-refractivity contribution is 5.93. The Bertz CT molecular complexity index is 668. The van der Waals surface area contributed by atoms with Crippen LogP contribution >= 0.6 is 0 Å². The van der Waals surface area contributed by atoms with Crippen molar-refractivity contribution in [1.82, 2.24) is 20.6 Å². The zero-order valence-electron chi connectivity index (χ0n) is 12.6. The fourth-order valence-corrected chi connectivity index (χ4v) is 2.49. The van der Waals surface area contributed by atoms with Crippen LogP contribution in [0.4, 0.5) is 17.1 Å². The molecule has 1 aliphatic heterocycles. The number of carbonyl (C=O) groups is 1. The molecular formula is C15H20N6O. The lowest BCUT2D eigenvalue weighted by atomic mass is 10.0. The average molecular weight is 300 g/mol. The maximum absolute atomic E-state index is 12.3. The Labute approximate surface area is 129 Å². The Morgan fingerprint density at radius 1 is 1.36 bits per heavy atom. The number of hydrogen-bond donors (Lipinski definition) is 4. The summed E-state index contributed by atoms with van der Waals surface area (Å²) >= 11 is 0. The van der Waals surface area contributed by atoms with Gasteiger partial charge >= 0.3 is 0 Å². The van der Waals surface area contributed by atoms with Crippen LogP contribution in [0.3, 0.4) is 0 Å². The number of nitrogens with one attached hydrogen (secondary N) is 4. The molecule has 2 aromatic rings. The Hall–Kier alpha value is -2.38. The summed E-state index contributed by atoms with van der Waals surface area (Å²) in [4.78, 5) is 12.3. The molecule has 0 aliphatic carbocycles. The molecule has 2 atom stereocenters. The molecule has 1 aromatic carbocycles. The first-order valence-electron chi connectivity index (χ1n) is 7.27. The van der Waals surface area contributed by atoms with Crippen LogP contribution in [0, 0.1) is 5.92 Å². The van der Waals surface area contributed by atoms with Crippen molar-refractivity contribution in [2.45, 2.75) is 13.0 Å². The molecule has 7 nitrogen and oxygen atoms in total. The van der Waals surface area contributed by atoms with Crippen LogP contribution in [0.5, 0.6) is 0 Å². The van der Waals surface area contributed by atoms with E-state index in [1.165, 1.54) is 0 Å². The van der Waals surface area contributed by atoms with Crippen molar-refractivity contribution in [3.63, 3.8) is 0 Å². The number of hydrazine groups is 1. The first-order chi connectivity index (χ1) is 10.6. The van der Waals surface area contributed by atoms with Crippen molar-refractivity contribution in [1.29, 1.82) is 0 Å². The Kier molecular flexibility index (Phi) is 4.08. The number of hydrogen-bond acceptors (Lipinski definition) is 5. The Morgan fingerprint density at radius 3 is 2.86 bits per heavy atom. The highest BCUT2D eigenvalue weighted by atomic mass is 16.2. The van der Waals surface area contributed by atoms with Gasteiger partial charge in [0.1, 0.15) is 0 Å². The number of anilines is 3. The lowest BCUT2D eigenvalue weighted by Crippen LogP contribution is -2.33. The first kappa shape index (κ1) is 14.6. The molecular weight excluding hydrogens is 280 g/mol. The van der Waals surface area contributed by atoms with Crippen LogP contribution < -0.4 is 21.5 Å². The van der Waals surface area contributed by atoms with E-state index >= 15 is 0 Å². The van der Waals surface area contributed by atoms with Gasteiger partial charge in [0.15, 0.2) is 0 Å². The zero-order valence-corrected chi connectivity index (χ0v) is 12.6. The predicted octanol–water partition coefficient (Wildman–Crippen LogP) is 1.21. The summed E-state index contributed by atoms with van der Waals surface area (Å²) in [6, 6.07) is 7.77. The molecule has 1 fully saturated rings. The fourth-order valence-electron chi connectivity index (χ4n) is 2.49. The number of carbonyl (C=O) groups excluding carboxylic acids is 1. The number of aryl methyl sites for hydroxylation is 1. The van der Waals surface area contributed by atoms with E-state index in [1.807, 2.05) is 44.4 Å². The standard InChI is InChI=1S/C15H20N6O/c1-10-14(8-16-20-10)15(22)19-12-5-3-4-11(6-12)18-13-7-17-21(2)9-13/h3-7,9-10,14,16,18,20H,8H2,1-2H3,(H,19,22). The summed E-state index contributed by atoms with van der Waals surface area (Å²) in [6.45, 7) is 2.63. The normalized spacial score (nSPS) is 20.8. The number of aromatic nitrogens is 2. The van der Waals surface area contributed by atoms with Crippen LogP contribution in [0.2, 0.25) is 0 Å². The molecule has 1 amide bonds. The molecule has 0 radical (unpaired) electrons. The van der Waals surface area contributed by atoms with Gasteiger partial charge < -0.3 is 10.6 Å². The summed E-state index contributed by atoms with van der Waals surface area (Å²) in [7, 11) is 1.87. The summed E-state index contributed by atoms with van der Waals surface area (Å²) in [5.74, 6) is -0.0570. The van der Waals surface area contributed by atoms with Gasteiger partial charge in [-0.25, -0.2) is 0 Å². The largest absolute Gasteiger partial charge is 0.353 e. The molecule has 0 spiro atoms. The van der Waals surface area contributed by atoms with Gasteiger partial charge in [0.25, 0.3) is 0 Å². The maximum atomic E-state index is 12.3. The molecule has 1 aromatic heterocycles. The SMILES string of the molecule is CC1NNCC1C(=O)Nc1cccc(Nc2cnn(C)c2)c1. The third kappa shape index (κ3) is 3.26. The average Bonchev–Trinajstić information content (AvgIpc) is 3.08. The minimum Gasteiger partial charge on any atom is -0.353 e.